The van der Waals surface area contributed by atoms with Crippen molar-refractivity contribution in [3.63, 3.8) is 0 Å². The Balaban J connectivity index is -0.0000000681. The van der Waals surface area contributed by atoms with Gasteiger partial charge >= 0.3 is 94.6 Å². The molecule has 0 saturated carbocycles. The summed E-state index contributed by atoms with van der Waals surface area (Å²) >= 11 is 0. The molecule has 0 aromatic heterocycles. The molecule has 0 aromatic carbocycles. The van der Waals surface area contributed by atoms with E-state index in [-0.39, 0.29) is 88.7 Å². The number of hydrogen-bond donors (Lipinski definition) is 3. The largest absolute Gasteiger partial charge is 1.00 e. The second-order valence-electron chi connectivity index (χ2n) is 2.47. The van der Waals surface area contributed by atoms with Crippen LogP contribution in [0.25, 0.3) is 0 Å². The first-order chi connectivity index (χ1) is 7.59. The quantitative estimate of drug-likeness (QED) is 0.323. The third kappa shape index (κ3) is 21.1. The summed E-state index contributed by atoms with van der Waals surface area (Å²) in [4.78, 5) is 38.0. The van der Waals surface area contributed by atoms with Gasteiger partial charge in [-0.25, -0.2) is 0 Å². The number of carboxylic acid groups (broad SMARTS) is 4. The Morgan fingerprint density at radius 1 is 0.800 bits per heavy atom. The second-order valence-corrected chi connectivity index (χ2v) is 2.47. The number of aliphatic carboxylic acids is 4. The van der Waals surface area contributed by atoms with Gasteiger partial charge < -0.3 is 45.0 Å². The maximum atomic E-state index is 9.63. The second kappa shape index (κ2) is 17.9. The molecule has 13 heteroatoms. The minimum absolute atomic E-state index is 0. The van der Waals surface area contributed by atoms with E-state index < -0.39 is 42.5 Å². The zero-order valence-electron chi connectivity index (χ0n) is 11.1. The van der Waals surface area contributed by atoms with Crippen molar-refractivity contribution in [3.8, 4) is 0 Å². The molecule has 0 bridgehead atoms. The van der Waals surface area contributed by atoms with Gasteiger partial charge in [0.1, 0.15) is 12.2 Å². The monoisotopic (exact) mass is 320 g/mol. The maximum Gasteiger partial charge on any atom is 1.00 e. The molecule has 0 aliphatic carbocycles. The molecule has 0 heterocycles. The predicted molar refractivity (Wildman–Crippen MR) is 39.3 cm³/mol. The fourth-order valence-electron chi connectivity index (χ4n) is 0.381. The van der Waals surface area contributed by atoms with Gasteiger partial charge in [-0.2, -0.15) is 0 Å². The minimum Gasteiger partial charge on any atom is -0.550 e. The minimum atomic E-state index is -2.44. The molecule has 2 atom stereocenters. The molecule has 0 aromatic rings. The third-order valence-electron chi connectivity index (χ3n) is 1.08. The summed E-state index contributed by atoms with van der Waals surface area (Å²) < 4.78 is 0. The van der Waals surface area contributed by atoms with Crippen LogP contribution in [0.1, 0.15) is 6.42 Å². The van der Waals surface area contributed by atoms with Crippen LogP contribution in [0.2, 0.25) is 0 Å². The first kappa shape index (κ1) is 32.7. The average Bonchev–Trinajstić information content (AvgIpc) is 2.13. The normalized spacial score (nSPS) is 10.7. The van der Waals surface area contributed by atoms with Crippen molar-refractivity contribution in [3.05, 3.63) is 0 Å². The number of carboxylic acids is 4. The van der Waals surface area contributed by atoms with E-state index >= 15 is 0 Å². The van der Waals surface area contributed by atoms with Crippen LogP contribution in [0, 0.1) is 0 Å². The van der Waals surface area contributed by atoms with Gasteiger partial charge in [0.05, 0.1) is 24.3 Å². The number of aliphatic hydroxyl groups is 2. The van der Waals surface area contributed by atoms with Gasteiger partial charge in [0.2, 0.25) is 0 Å². The average molecular weight is 320 g/mol. The molecular weight excluding hydrogens is 313 g/mol. The van der Waals surface area contributed by atoms with Gasteiger partial charge in [0.25, 0.3) is 0 Å². The molecule has 0 radical (unpaired) electrons. The van der Waals surface area contributed by atoms with Crippen molar-refractivity contribution < 1.29 is 138 Å². The standard InChI is InChI=1S/C4H6O6.C3H4O4.3Na/c5-1(3(7)8)2(6)4(9)10;4-2(5)1-3(6)7;;;/h1-2,5-6H,(H,7,8)(H,9,10);1H2,(H,4,5)(H,6,7);;;/q;;3*+1/p-3. The summed E-state index contributed by atoms with van der Waals surface area (Å²) in [5, 5.41) is 52.7. The summed E-state index contributed by atoms with van der Waals surface area (Å²) in [5.74, 6) is -7.05. The Bertz CT molecular complexity index is 290. The fourth-order valence-corrected chi connectivity index (χ4v) is 0.381. The fraction of sp³-hybridized carbons (Fsp3) is 0.429. The van der Waals surface area contributed by atoms with E-state index in [1.807, 2.05) is 0 Å². The van der Waals surface area contributed by atoms with Crippen LogP contribution in [0.15, 0.2) is 0 Å². The van der Waals surface area contributed by atoms with E-state index in [9.17, 15) is 34.5 Å². The van der Waals surface area contributed by atoms with Gasteiger partial charge in [0, 0.05) is 0 Å². The van der Waals surface area contributed by atoms with Crippen molar-refractivity contribution in [2.24, 2.45) is 0 Å². The van der Waals surface area contributed by atoms with Gasteiger partial charge in [0.15, 0.2) is 0 Å². The number of rotatable bonds is 5. The summed E-state index contributed by atoms with van der Waals surface area (Å²) in [6.45, 7) is 0. The van der Waals surface area contributed by atoms with Crippen molar-refractivity contribution >= 4 is 23.9 Å². The molecule has 2 unspecified atom stereocenters. The molecule has 0 fully saturated rings. The van der Waals surface area contributed by atoms with Crippen molar-refractivity contribution in [2.75, 3.05) is 0 Å². The smallest absolute Gasteiger partial charge is 0.550 e. The number of aliphatic hydroxyl groups excluding tert-OH is 2. The Morgan fingerprint density at radius 2 is 1.05 bits per heavy atom. The molecule has 0 saturated heterocycles. The zero-order valence-corrected chi connectivity index (χ0v) is 17.1. The summed E-state index contributed by atoms with van der Waals surface area (Å²) in [7, 11) is 0. The van der Waals surface area contributed by atoms with Crippen molar-refractivity contribution in [1.29, 1.82) is 0 Å². The summed E-state index contributed by atoms with van der Waals surface area (Å²) in [6.07, 6.45) is -5.80. The Morgan fingerprint density at radius 3 is 1.10 bits per heavy atom. The molecule has 3 N–H and O–H groups in total. The topological polar surface area (TPSA) is 198 Å². The van der Waals surface area contributed by atoms with Crippen LogP contribution in [0.4, 0.5) is 0 Å². The number of hydrogen-bond acceptors (Lipinski definition) is 9. The Labute approximate surface area is 179 Å². The van der Waals surface area contributed by atoms with Crippen LogP contribution in [-0.2, 0) is 19.2 Å². The molecule has 0 aliphatic heterocycles. The summed E-state index contributed by atoms with van der Waals surface area (Å²) in [6, 6.07) is 0. The molecule has 20 heavy (non-hydrogen) atoms. The first-order valence-corrected chi connectivity index (χ1v) is 3.79. The van der Waals surface area contributed by atoms with E-state index in [1.54, 1.807) is 0 Å². The van der Waals surface area contributed by atoms with E-state index in [0.29, 0.717) is 0 Å². The Kier molecular flexibility index (Phi) is 29.2. The Hall–Kier alpha value is 0.800. The van der Waals surface area contributed by atoms with E-state index in [4.69, 9.17) is 15.3 Å². The van der Waals surface area contributed by atoms with E-state index in [0.717, 1.165) is 0 Å². The third-order valence-corrected chi connectivity index (χ3v) is 1.08. The zero-order chi connectivity index (χ0) is 14.2. The predicted octanol–water partition coefficient (Wildman–Crippen LogP) is -15.6. The first-order valence-electron chi connectivity index (χ1n) is 3.79. The number of carbonyl (C=O) groups is 4. The van der Waals surface area contributed by atoms with Crippen molar-refractivity contribution in [1.82, 2.24) is 0 Å². The molecule has 10 nitrogen and oxygen atoms in total. The SMILES string of the molecule is O=C([O-])C(O)C(O)C(=O)[O-].O=C([O-])CC(=O)O.[Na+].[Na+].[Na+]. The van der Waals surface area contributed by atoms with Gasteiger partial charge in [-0.1, -0.05) is 0 Å². The molecule has 0 rings (SSSR count). The van der Waals surface area contributed by atoms with Gasteiger partial charge in [-0.3, -0.25) is 4.79 Å². The van der Waals surface area contributed by atoms with E-state index in [2.05, 4.69) is 0 Å². The molecular formula is C7H7Na3O10. The molecule has 98 valence electrons. The maximum absolute atomic E-state index is 9.63. The van der Waals surface area contributed by atoms with Gasteiger partial charge in [-0.05, 0) is 0 Å². The van der Waals surface area contributed by atoms with Crippen LogP contribution in [-0.4, -0.2) is 51.4 Å². The van der Waals surface area contributed by atoms with Crippen LogP contribution in [0.3, 0.4) is 0 Å². The molecule has 0 amide bonds. The summed E-state index contributed by atoms with van der Waals surface area (Å²) in [5.41, 5.74) is 0. The van der Waals surface area contributed by atoms with Crippen LogP contribution >= 0.6 is 0 Å². The molecule has 0 aliphatic rings. The molecule has 0 spiro atoms. The van der Waals surface area contributed by atoms with Crippen LogP contribution < -0.4 is 104 Å². The van der Waals surface area contributed by atoms with E-state index in [1.165, 1.54) is 0 Å². The van der Waals surface area contributed by atoms with Crippen LogP contribution in [0.5, 0.6) is 0 Å². The number of carbonyl (C=O) groups excluding carboxylic acids is 3. The van der Waals surface area contributed by atoms with Crippen molar-refractivity contribution in [2.45, 2.75) is 18.6 Å². The van der Waals surface area contributed by atoms with Gasteiger partial charge in [-0.15, -0.1) is 0 Å².